The summed E-state index contributed by atoms with van der Waals surface area (Å²) in [6.07, 6.45) is 5.03. The number of carbonyl (C=O) groups excluding carboxylic acids is 1. The van der Waals surface area contributed by atoms with Crippen molar-refractivity contribution in [1.29, 1.82) is 0 Å². The average molecular weight is 444 g/mol. The molecule has 0 spiro atoms. The molecule has 1 aromatic heterocycles. The monoisotopic (exact) mass is 443 g/mol. The second-order valence-electron chi connectivity index (χ2n) is 7.91. The minimum absolute atomic E-state index is 0.145. The molecule has 0 fully saturated rings. The van der Waals surface area contributed by atoms with E-state index in [1.807, 2.05) is 37.3 Å². The first-order valence-electron chi connectivity index (χ1n) is 10.9. The van der Waals surface area contributed by atoms with Crippen molar-refractivity contribution >= 4 is 22.4 Å². The minimum Gasteiger partial charge on any atom is -0.496 e. The predicted molar refractivity (Wildman–Crippen MR) is 130 cm³/mol. The number of ether oxygens (including phenoxy) is 1. The first kappa shape index (κ1) is 22.3. The molecule has 0 saturated heterocycles. The van der Waals surface area contributed by atoms with Crippen molar-refractivity contribution in [3.05, 3.63) is 96.0 Å². The Hall–Kier alpha value is -3.86. The van der Waals surface area contributed by atoms with E-state index in [1.165, 1.54) is 17.7 Å². The Bertz CT molecular complexity index is 1270. The van der Waals surface area contributed by atoms with Gasteiger partial charge in [-0.05, 0) is 54.7 Å². The van der Waals surface area contributed by atoms with Crippen LogP contribution in [0.15, 0.2) is 83.5 Å². The Balaban J connectivity index is 1.51. The first-order chi connectivity index (χ1) is 16.0. The molecule has 168 valence electrons. The number of furan rings is 1. The van der Waals surface area contributed by atoms with Gasteiger partial charge in [0.1, 0.15) is 17.1 Å². The molecule has 1 amide bonds. The molecule has 4 nitrogen and oxygen atoms in total. The van der Waals surface area contributed by atoms with Gasteiger partial charge in [0, 0.05) is 35.2 Å². The predicted octanol–water partition coefficient (Wildman–Crippen LogP) is 6.40. The minimum atomic E-state index is -0.289. The van der Waals surface area contributed by atoms with Gasteiger partial charge in [-0.1, -0.05) is 42.5 Å². The van der Waals surface area contributed by atoms with E-state index in [1.54, 1.807) is 31.6 Å². The van der Waals surface area contributed by atoms with E-state index in [2.05, 4.69) is 17.4 Å². The molecule has 0 unspecified atom stereocenters. The summed E-state index contributed by atoms with van der Waals surface area (Å²) in [4.78, 5) is 12.5. The summed E-state index contributed by atoms with van der Waals surface area (Å²) in [7, 11) is 1.59. The number of benzene rings is 3. The van der Waals surface area contributed by atoms with E-state index in [9.17, 15) is 9.18 Å². The zero-order valence-electron chi connectivity index (χ0n) is 18.7. The molecular formula is C28H26FNO3. The number of hydrogen-bond acceptors (Lipinski definition) is 3. The summed E-state index contributed by atoms with van der Waals surface area (Å²) in [5.41, 5.74) is 5.20. The van der Waals surface area contributed by atoms with Crippen molar-refractivity contribution in [2.45, 2.75) is 19.8 Å². The fourth-order valence-corrected chi connectivity index (χ4v) is 3.86. The summed E-state index contributed by atoms with van der Waals surface area (Å²) in [5.74, 6) is 0.185. The highest BCUT2D eigenvalue weighted by molar-refractivity contribution is 6.00. The van der Waals surface area contributed by atoms with Crippen LogP contribution in [-0.4, -0.2) is 19.6 Å². The van der Waals surface area contributed by atoms with Gasteiger partial charge in [0.25, 0.3) is 0 Å². The van der Waals surface area contributed by atoms with Gasteiger partial charge >= 0.3 is 0 Å². The van der Waals surface area contributed by atoms with Crippen LogP contribution in [0.25, 0.3) is 27.7 Å². The van der Waals surface area contributed by atoms with E-state index in [4.69, 9.17) is 9.15 Å². The van der Waals surface area contributed by atoms with Gasteiger partial charge in [-0.3, -0.25) is 4.79 Å². The molecule has 0 aliphatic carbocycles. The Kier molecular flexibility index (Phi) is 6.89. The molecule has 5 heteroatoms. The number of methoxy groups -OCH3 is 1. The third-order valence-electron chi connectivity index (χ3n) is 5.61. The largest absolute Gasteiger partial charge is 0.496 e. The summed E-state index contributed by atoms with van der Waals surface area (Å²) in [6, 6.07) is 20.3. The van der Waals surface area contributed by atoms with Gasteiger partial charge in [-0.15, -0.1) is 0 Å². The van der Waals surface area contributed by atoms with Crippen LogP contribution in [0.2, 0.25) is 0 Å². The molecule has 0 bridgehead atoms. The molecular weight excluding hydrogens is 417 g/mol. The van der Waals surface area contributed by atoms with E-state index in [0.717, 1.165) is 40.5 Å². The fourth-order valence-electron chi connectivity index (χ4n) is 3.86. The number of rotatable bonds is 8. The molecule has 0 aliphatic heterocycles. The summed E-state index contributed by atoms with van der Waals surface area (Å²) >= 11 is 0. The lowest BCUT2D eigenvalue weighted by Gasteiger charge is -2.10. The number of amides is 1. The third-order valence-corrected chi connectivity index (χ3v) is 5.61. The fraction of sp³-hybridized carbons (Fsp3) is 0.179. The lowest BCUT2D eigenvalue weighted by Crippen LogP contribution is -2.22. The van der Waals surface area contributed by atoms with Crippen molar-refractivity contribution in [2.24, 2.45) is 0 Å². The van der Waals surface area contributed by atoms with Crippen molar-refractivity contribution in [1.82, 2.24) is 5.32 Å². The van der Waals surface area contributed by atoms with Crippen molar-refractivity contribution in [2.75, 3.05) is 13.7 Å². The number of carbonyl (C=O) groups is 1. The van der Waals surface area contributed by atoms with Crippen LogP contribution in [0, 0.1) is 5.82 Å². The van der Waals surface area contributed by atoms with E-state index >= 15 is 0 Å². The van der Waals surface area contributed by atoms with E-state index < -0.39 is 0 Å². The highest BCUT2D eigenvalue weighted by atomic mass is 19.1. The SMILES string of the molecule is COc1cc2occ(-c3ccc(F)cc3)c2cc1/C(C)=C/C(=O)NCCCc1ccccc1. The van der Waals surface area contributed by atoms with Crippen LogP contribution < -0.4 is 10.1 Å². The van der Waals surface area contributed by atoms with Gasteiger partial charge in [-0.2, -0.15) is 0 Å². The summed E-state index contributed by atoms with van der Waals surface area (Å²) in [6.45, 7) is 2.48. The van der Waals surface area contributed by atoms with E-state index in [-0.39, 0.29) is 11.7 Å². The summed E-state index contributed by atoms with van der Waals surface area (Å²) in [5, 5.41) is 3.82. The second-order valence-corrected chi connectivity index (χ2v) is 7.91. The molecule has 33 heavy (non-hydrogen) atoms. The van der Waals surface area contributed by atoms with Crippen molar-refractivity contribution in [3.8, 4) is 16.9 Å². The highest BCUT2D eigenvalue weighted by Crippen LogP contribution is 2.37. The lowest BCUT2D eigenvalue weighted by molar-refractivity contribution is -0.116. The Labute approximate surface area is 192 Å². The molecule has 4 aromatic rings. The topological polar surface area (TPSA) is 51.5 Å². The number of nitrogens with one attached hydrogen (secondary N) is 1. The maximum absolute atomic E-state index is 13.3. The Morgan fingerprint density at radius 1 is 1.09 bits per heavy atom. The van der Waals surface area contributed by atoms with Gasteiger partial charge < -0.3 is 14.5 Å². The van der Waals surface area contributed by atoms with Gasteiger partial charge in [0.15, 0.2) is 0 Å². The smallest absolute Gasteiger partial charge is 0.244 e. The van der Waals surface area contributed by atoms with Crippen LogP contribution in [0.3, 0.4) is 0 Å². The van der Waals surface area contributed by atoms with Gasteiger partial charge in [0.05, 0.1) is 13.4 Å². The van der Waals surface area contributed by atoms with Gasteiger partial charge in [0.2, 0.25) is 5.91 Å². The molecule has 0 radical (unpaired) electrons. The first-order valence-corrected chi connectivity index (χ1v) is 10.9. The lowest BCUT2D eigenvalue weighted by atomic mass is 9.99. The Morgan fingerprint density at radius 2 is 1.85 bits per heavy atom. The Morgan fingerprint density at radius 3 is 2.58 bits per heavy atom. The molecule has 3 aromatic carbocycles. The third kappa shape index (κ3) is 5.32. The van der Waals surface area contributed by atoms with Crippen LogP contribution in [0.5, 0.6) is 5.75 Å². The maximum atomic E-state index is 13.3. The normalized spacial score (nSPS) is 11.5. The number of fused-ring (bicyclic) bond motifs is 1. The van der Waals surface area contributed by atoms with Crippen molar-refractivity contribution < 1.29 is 18.3 Å². The number of hydrogen-bond donors (Lipinski definition) is 1. The molecule has 0 aliphatic rings. The zero-order chi connectivity index (χ0) is 23.2. The number of halogens is 1. The highest BCUT2D eigenvalue weighted by Gasteiger charge is 2.15. The van der Waals surface area contributed by atoms with Crippen LogP contribution in [0.4, 0.5) is 4.39 Å². The van der Waals surface area contributed by atoms with Crippen molar-refractivity contribution in [3.63, 3.8) is 0 Å². The zero-order valence-corrected chi connectivity index (χ0v) is 18.7. The molecule has 0 saturated carbocycles. The van der Waals surface area contributed by atoms with Crippen LogP contribution >= 0.6 is 0 Å². The standard InChI is InChI=1S/C28H26FNO3/c1-19(15-28(31)30-14-6-9-20-7-4-3-5-8-20)23-16-24-25(21-10-12-22(29)13-11-21)18-33-27(24)17-26(23)32-2/h3-5,7-8,10-13,15-18H,6,9,14H2,1-2H3,(H,30,31)/b19-15+. The van der Waals surface area contributed by atoms with Crippen LogP contribution in [0.1, 0.15) is 24.5 Å². The molecule has 4 rings (SSSR count). The van der Waals surface area contributed by atoms with Gasteiger partial charge in [-0.25, -0.2) is 4.39 Å². The quantitative estimate of drug-likeness (QED) is 0.253. The maximum Gasteiger partial charge on any atom is 0.244 e. The molecule has 1 N–H and O–H groups in total. The number of aryl methyl sites for hydroxylation is 1. The second kappa shape index (κ2) is 10.2. The molecule has 0 atom stereocenters. The summed E-state index contributed by atoms with van der Waals surface area (Å²) < 4.78 is 24.6. The average Bonchev–Trinajstić information content (AvgIpc) is 3.25. The van der Waals surface area contributed by atoms with Crippen LogP contribution in [-0.2, 0) is 11.2 Å². The van der Waals surface area contributed by atoms with E-state index in [0.29, 0.717) is 17.9 Å². The number of allylic oxidation sites excluding steroid dienone is 1. The molecule has 1 heterocycles.